The van der Waals surface area contributed by atoms with Crippen LogP contribution in [0, 0.1) is 0 Å². The molecule has 19 heavy (non-hydrogen) atoms. The number of benzene rings is 1. The van der Waals surface area contributed by atoms with E-state index in [4.69, 9.17) is 28.3 Å². The molecule has 0 spiro atoms. The molecule has 0 aliphatic rings. The number of anilines is 1. The Labute approximate surface area is 114 Å². The van der Waals surface area contributed by atoms with Crippen molar-refractivity contribution < 1.29 is 27.8 Å². The molecule has 2 N–H and O–H groups in total. The predicted molar refractivity (Wildman–Crippen MR) is 62.9 cm³/mol. The Morgan fingerprint density at radius 3 is 2.32 bits per heavy atom. The maximum Gasteiger partial charge on any atom is 0.573 e. The van der Waals surface area contributed by atoms with Gasteiger partial charge in [-0.2, -0.15) is 5.10 Å². The van der Waals surface area contributed by atoms with Crippen molar-refractivity contribution in [2.75, 3.05) is 5.43 Å². The van der Waals surface area contributed by atoms with Gasteiger partial charge in [-0.05, 0) is 0 Å². The lowest BCUT2D eigenvalue weighted by atomic mass is 10.3. The predicted octanol–water partition coefficient (Wildman–Crippen LogP) is 3.37. The summed E-state index contributed by atoms with van der Waals surface area (Å²) in [4.78, 5) is 10.2. The zero-order chi connectivity index (χ0) is 14.6. The van der Waals surface area contributed by atoms with E-state index >= 15 is 0 Å². The van der Waals surface area contributed by atoms with Crippen molar-refractivity contribution in [3.63, 3.8) is 0 Å². The smallest absolute Gasteiger partial charge is 0.477 e. The Balaban J connectivity index is 2.94. The highest BCUT2D eigenvalue weighted by molar-refractivity contribution is 6.39. The van der Waals surface area contributed by atoms with Crippen molar-refractivity contribution in [2.24, 2.45) is 5.10 Å². The van der Waals surface area contributed by atoms with Crippen molar-refractivity contribution in [3.05, 3.63) is 22.2 Å². The van der Waals surface area contributed by atoms with Gasteiger partial charge in [-0.15, -0.1) is 13.2 Å². The Hall–Kier alpha value is -1.67. The van der Waals surface area contributed by atoms with Gasteiger partial charge in [0.15, 0.2) is 0 Å². The lowest BCUT2D eigenvalue weighted by Crippen LogP contribution is -2.17. The summed E-state index contributed by atoms with van der Waals surface area (Å²) in [5.74, 6) is -1.92. The van der Waals surface area contributed by atoms with Crippen LogP contribution in [-0.2, 0) is 4.79 Å². The van der Waals surface area contributed by atoms with Gasteiger partial charge in [0.2, 0.25) is 0 Å². The molecule has 0 saturated carbocycles. The van der Waals surface area contributed by atoms with Crippen LogP contribution in [0.3, 0.4) is 0 Å². The molecule has 1 aromatic rings. The number of hydrogen-bond donors (Lipinski definition) is 2. The zero-order valence-electron chi connectivity index (χ0n) is 8.83. The summed E-state index contributed by atoms with van der Waals surface area (Å²) in [5, 5.41) is 11.1. The van der Waals surface area contributed by atoms with E-state index in [9.17, 15) is 18.0 Å². The second-order valence-corrected chi connectivity index (χ2v) is 3.83. The lowest BCUT2D eigenvalue weighted by Gasteiger charge is -2.12. The minimum Gasteiger partial charge on any atom is -0.477 e. The molecular weight excluding hydrogens is 312 g/mol. The van der Waals surface area contributed by atoms with E-state index in [2.05, 4.69) is 15.3 Å². The van der Waals surface area contributed by atoms with Crippen LogP contribution in [0.15, 0.2) is 17.2 Å². The Kier molecular flexibility index (Phi) is 4.84. The molecule has 104 valence electrons. The van der Waals surface area contributed by atoms with Crippen molar-refractivity contribution >= 4 is 41.1 Å². The first kappa shape index (κ1) is 15.4. The molecule has 10 heteroatoms. The van der Waals surface area contributed by atoms with E-state index in [1.54, 1.807) is 0 Å². The number of aliphatic carboxylic acids is 1. The highest BCUT2D eigenvalue weighted by Crippen LogP contribution is 2.36. The van der Waals surface area contributed by atoms with Gasteiger partial charge in [0.25, 0.3) is 0 Å². The third-order valence-electron chi connectivity index (χ3n) is 1.60. The fourth-order valence-electron chi connectivity index (χ4n) is 1.00. The van der Waals surface area contributed by atoms with Crippen LogP contribution < -0.4 is 10.2 Å². The van der Waals surface area contributed by atoms with E-state index in [0.29, 0.717) is 6.21 Å². The summed E-state index contributed by atoms with van der Waals surface area (Å²) >= 11 is 11.3. The van der Waals surface area contributed by atoms with Crippen LogP contribution in [0.4, 0.5) is 18.9 Å². The van der Waals surface area contributed by atoms with Crippen LogP contribution in [-0.4, -0.2) is 23.7 Å². The minimum absolute atomic E-state index is 0.0460. The Bertz CT molecular complexity index is 497. The van der Waals surface area contributed by atoms with E-state index in [1.807, 2.05) is 0 Å². The monoisotopic (exact) mass is 316 g/mol. The highest BCUT2D eigenvalue weighted by Gasteiger charge is 2.31. The first-order chi connectivity index (χ1) is 8.69. The topological polar surface area (TPSA) is 70.9 Å². The molecule has 1 aromatic carbocycles. The Morgan fingerprint density at radius 1 is 1.37 bits per heavy atom. The number of nitrogens with zero attached hydrogens (tertiary/aromatic N) is 1. The first-order valence-electron chi connectivity index (χ1n) is 4.46. The Morgan fingerprint density at radius 2 is 1.89 bits per heavy atom. The number of ether oxygens (including phenoxy) is 1. The van der Waals surface area contributed by atoms with Gasteiger partial charge in [0.1, 0.15) is 12.0 Å². The SMILES string of the molecule is O=C(O)C=NNc1c(Cl)cc(OC(F)(F)F)cc1Cl. The average Bonchev–Trinajstić information content (AvgIpc) is 2.19. The van der Waals surface area contributed by atoms with Gasteiger partial charge < -0.3 is 9.84 Å². The fraction of sp³-hybridized carbons (Fsp3) is 0.111. The fourth-order valence-corrected chi connectivity index (χ4v) is 1.55. The van der Waals surface area contributed by atoms with Gasteiger partial charge in [0.05, 0.1) is 15.7 Å². The summed E-state index contributed by atoms with van der Waals surface area (Å²) in [7, 11) is 0. The van der Waals surface area contributed by atoms with Crippen molar-refractivity contribution in [2.45, 2.75) is 6.36 Å². The van der Waals surface area contributed by atoms with Gasteiger partial charge >= 0.3 is 12.3 Å². The van der Waals surface area contributed by atoms with Crippen LogP contribution in [0.5, 0.6) is 5.75 Å². The number of halogens is 5. The van der Waals surface area contributed by atoms with Crippen molar-refractivity contribution in [1.82, 2.24) is 0 Å². The molecule has 0 atom stereocenters. The maximum absolute atomic E-state index is 12.0. The summed E-state index contributed by atoms with van der Waals surface area (Å²) < 4.78 is 39.6. The summed E-state index contributed by atoms with van der Waals surface area (Å²) in [5.41, 5.74) is 2.14. The number of hydrazone groups is 1. The largest absolute Gasteiger partial charge is 0.573 e. The number of carboxylic acid groups (broad SMARTS) is 1. The molecule has 0 bridgehead atoms. The number of carbonyl (C=O) groups is 1. The third-order valence-corrected chi connectivity index (χ3v) is 2.20. The molecule has 1 rings (SSSR count). The third kappa shape index (κ3) is 5.23. The standard InChI is InChI=1S/C9H5Cl2F3N2O3/c10-5-1-4(19-9(12,13)14)2-6(11)8(5)16-15-3-7(17)18/h1-3,16H,(H,17,18). The van der Waals surface area contributed by atoms with Crippen molar-refractivity contribution in [3.8, 4) is 5.75 Å². The maximum atomic E-state index is 12.0. The molecule has 0 heterocycles. The lowest BCUT2D eigenvalue weighted by molar-refractivity contribution is -0.274. The summed E-state index contributed by atoms with van der Waals surface area (Å²) in [6.07, 6.45) is -4.35. The molecule has 5 nitrogen and oxygen atoms in total. The van der Waals surface area contributed by atoms with Crippen LogP contribution in [0.2, 0.25) is 10.0 Å². The molecule has 0 unspecified atom stereocenters. The number of alkyl halides is 3. The van der Waals surface area contributed by atoms with Crippen molar-refractivity contribution in [1.29, 1.82) is 0 Å². The van der Waals surface area contributed by atoms with Gasteiger partial charge in [0, 0.05) is 12.1 Å². The molecule has 0 aliphatic carbocycles. The number of rotatable bonds is 4. The first-order valence-corrected chi connectivity index (χ1v) is 5.21. The summed E-state index contributed by atoms with van der Waals surface area (Å²) in [6.45, 7) is 0. The van der Waals surface area contributed by atoms with Gasteiger partial charge in [-0.25, -0.2) is 4.79 Å². The van der Waals surface area contributed by atoms with E-state index in [-0.39, 0.29) is 15.7 Å². The molecule has 0 aromatic heterocycles. The molecule has 0 aliphatic heterocycles. The molecule has 0 fully saturated rings. The number of hydrogen-bond acceptors (Lipinski definition) is 4. The molecule has 0 radical (unpaired) electrons. The van der Waals surface area contributed by atoms with E-state index in [0.717, 1.165) is 12.1 Å². The molecular formula is C9H5Cl2F3N2O3. The van der Waals surface area contributed by atoms with Crippen LogP contribution in [0.25, 0.3) is 0 Å². The quantitative estimate of drug-likeness (QED) is 0.660. The molecule has 0 amide bonds. The second-order valence-electron chi connectivity index (χ2n) is 3.02. The van der Waals surface area contributed by atoms with E-state index < -0.39 is 18.1 Å². The van der Waals surface area contributed by atoms with Gasteiger partial charge in [-0.3, -0.25) is 5.43 Å². The number of carboxylic acids is 1. The average molecular weight is 317 g/mol. The second kappa shape index (κ2) is 5.98. The zero-order valence-corrected chi connectivity index (χ0v) is 10.3. The van der Waals surface area contributed by atoms with Crippen LogP contribution >= 0.6 is 23.2 Å². The van der Waals surface area contributed by atoms with E-state index in [1.165, 1.54) is 0 Å². The van der Waals surface area contributed by atoms with Gasteiger partial charge in [-0.1, -0.05) is 23.2 Å². The molecule has 0 saturated heterocycles. The summed E-state index contributed by atoms with van der Waals surface area (Å²) in [6, 6.07) is 1.72. The normalized spacial score (nSPS) is 11.6. The highest BCUT2D eigenvalue weighted by atomic mass is 35.5. The van der Waals surface area contributed by atoms with Crippen LogP contribution in [0.1, 0.15) is 0 Å². The number of nitrogens with one attached hydrogen (secondary N) is 1. The minimum atomic E-state index is -4.87.